The molecule has 0 rings (SSSR count). The molecule has 1 atom stereocenters. The predicted molar refractivity (Wildman–Crippen MR) is 27.0 cm³/mol. The molecule has 5 heteroatoms. The Hall–Kier alpha value is 0.0400. The van der Waals surface area contributed by atoms with E-state index in [0.29, 0.717) is 6.92 Å². The van der Waals surface area contributed by atoms with Gasteiger partial charge in [0.25, 0.3) is 0 Å². The minimum absolute atomic E-state index is 0. The SMILES string of the molecule is Cl.[2H]C(C)(N)C(F)(F)F. The fourth-order valence-corrected chi connectivity index (χ4v) is 0. The van der Waals surface area contributed by atoms with Crippen LogP contribution in [-0.2, 0) is 0 Å². The monoisotopic (exact) mass is 150 g/mol. The summed E-state index contributed by atoms with van der Waals surface area (Å²) in [6, 6.07) is -2.81. The number of alkyl halides is 3. The van der Waals surface area contributed by atoms with Crippen LogP contribution >= 0.6 is 12.4 Å². The second-order valence-corrected chi connectivity index (χ2v) is 1.18. The van der Waals surface area contributed by atoms with Crippen LogP contribution in [0.5, 0.6) is 0 Å². The van der Waals surface area contributed by atoms with E-state index >= 15 is 0 Å². The fourth-order valence-electron chi connectivity index (χ4n) is 0. The zero-order valence-electron chi connectivity index (χ0n) is 5.12. The molecule has 2 N–H and O–H groups in total. The summed E-state index contributed by atoms with van der Waals surface area (Å²) < 4.78 is 40.0. The normalized spacial score (nSPS) is 20.4. The second-order valence-electron chi connectivity index (χ2n) is 1.18. The standard InChI is InChI=1S/C3H6F3N.ClH/c1-2(7)3(4,5)6;/h2H,7H2,1H3;1H/i2D;. The highest BCUT2D eigenvalue weighted by Crippen LogP contribution is 2.16. The maximum Gasteiger partial charge on any atom is 0.403 e. The first kappa shape index (κ1) is 8.04. The zero-order valence-corrected chi connectivity index (χ0v) is 4.94. The van der Waals surface area contributed by atoms with E-state index in [1.807, 2.05) is 0 Å². The molecule has 1 nitrogen and oxygen atoms in total. The lowest BCUT2D eigenvalue weighted by molar-refractivity contribution is -0.143. The van der Waals surface area contributed by atoms with Gasteiger partial charge < -0.3 is 5.73 Å². The Morgan fingerprint density at radius 2 is 1.75 bits per heavy atom. The van der Waals surface area contributed by atoms with Gasteiger partial charge in [0.2, 0.25) is 0 Å². The minimum atomic E-state index is -4.62. The third kappa shape index (κ3) is 4.21. The van der Waals surface area contributed by atoms with Crippen molar-refractivity contribution in [2.45, 2.75) is 19.1 Å². The molecule has 0 saturated heterocycles. The van der Waals surface area contributed by atoms with Crippen molar-refractivity contribution in [3.63, 3.8) is 0 Å². The third-order valence-electron chi connectivity index (χ3n) is 0.447. The molecule has 0 heterocycles. The largest absolute Gasteiger partial charge is 0.403 e. The van der Waals surface area contributed by atoms with Crippen LogP contribution < -0.4 is 5.73 Å². The van der Waals surface area contributed by atoms with Crippen LogP contribution in [0.1, 0.15) is 8.29 Å². The van der Waals surface area contributed by atoms with E-state index in [2.05, 4.69) is 5.73 Å². The summed E-state index contributed by atoms with van der Waals surface area (Å²) in [5.41, 5.74) is 4.35. The molecule has 0 saturated carbocycles. The first-order valence-electron chi connectivity index (χ1n) is 2.11. The zero-order chi connectivity index (χ0) is 7.00. The molecule has 0 aliphatic rings. The highest BCUT2D eigenvalue weighted by Gasteiger charge is 2.32. The van der Waals surface area contributed by atoms with Gasteiger partial charge in [-0.3, -0.25) is 0 Å². The molecule has 0 aliphatic carbocycles. The van der Waals surface area contributed by atoms with E-state index in [1.165, 1.54) is 0 Å². The molecule has 0 amide bonds. The van der Waals surface area contributed by atoms with Gasteiger partial charge in [0, 0.05) is 0 Å². The topological polar surface area (TPSA) is 26.0 Å². The van der Waals surface area contributed by atoms with E-state index in [-0.39, 0.29) is 12.4 Å². The summed E-state index contributed by atoms with van der Waals surface area (Å²) >= 11 is 0. The van der Waals surface area contributed by atoms with Crippen LogP contribution in [0, 0.1) is 0 Å². The lowest BCUT2D eigenvalue weighted by Gasteiger charge is -2.07. The number of nitrogens with two attached hydrogens (primary N) is 1. The van der Waals surface area contributed by atoms with E-state index in [9.17, 15) is 13.2 Å². The number of halogens is 4. The van der Waals surface area contributed by atoms with E-state index < -0.39 is 12.2 Å². The smallest absolute Gasteiger partial charge is 0.320 e. The van der Waals surface area contributed by atoms with Gasteiger partial charge in [-0.25, -0.2) is 0 Å². The summed E-state index contributed by atoms with van der Waals surface area (Å²) in [5, 5.41) is 0. The number of rotatable bonds is 0. The average molecular weight is 151 g/mol. The van der Waals surface area contributed by atoms with Crippen LogP contribution in [0.25, 0.3) is 0 Å². The first-order valence-corrected chi connectivity index (χ1v) is 1.61. The van der Waals surface area contributed by atoms with Crippen molar-refractivity contribution in [3.8, 4) is 0 Å². The molecule has 0 aromatic heterocycles. The van der Waals surface area contributed by atoms with Gasteiger partial charge >= 0.3 is 6.18 Å². The van der Waals surface area contributed by atoms with Crippen molar-refractivity contribution in [2.24, 2.45) is 5.73 Å². The highest BCUT2D eigenvalue weighted by atomic mass is 35.5. The van der Waals surface area contributed by atoms with Crippen molar-refractivity contribution < 1.29 is 14.5 Å². The van der Waals surface area contributed by atoms with Gasteiger partial charge in [-0.15, -0.1) is 12.4 Å². The van der Waals surface area contributed by atoms with Gasteiger partial charge in [-0.1, -0.05) is 0 Å². The molecular formula is C3H7ClF3N. The van der Waals surface area contributed by atoms with Gasteiger partial charge in [0.1, 0.15) is 0 Å². The Labute approximate surface area is 52.9 Å². The quantitative estimate of drug-likeness (QED) is 0.554. The molecule has 0 aliphatic heterocycles. The van der Waals surface area contributed by atoms with Gasteiger partial charge in [-0.2, -0.15) is 13.2 Å². The molecule has 0 spiro atoms. The Morgan fingerprint density at radius 3 is 1.75 bits per heavy atom. The lowest BCUT2D eigenvalue weighted by Crippen LogP contribution is -2.33. The Morgan fingerprint density at radius 1 is 1.62 bits per heavy atom. The number of hydrogen-bond donors (Lipinski definition) is 1. The summed E-state index contributed by atoms with van der Waals surface area (Å²) in [6.07, 6.45) is -4.62. The summed E-state index contributed by atoms with van der Waals surface area (Å²) in [6.45, 7) is 0.590. The van der Waals surface area contributed by atoms with Crippen molar-refractivity contribution in [2.75, 3.05) is 0 Å². The Bertz CT molecular complexity index is 74.0. The average Bonchev–Trinajstić information content (AvgIpc) is 1.25. The van der Waals surface area contributed by atoms with Crippen molar-refractivity contribution >= 4 is 12.4 Å². The predicted octanol–water partition coefficient (Wildman–Crippen LogP) is 1.32. The molecule has 0 bridgehead atoms. The minimum Gasteiger partial charge on any atom is -0.320 e. The summed E-state index contributed by atoms with van der Waals surface area (Å²) in [4.78, 5) is 0. The van der Waals surface area contributed by atoms with E-state index in [0.717, 1.165) is 0 Å². The summed E-state index contributed by atoms with van der Waals surface area (Å²) in [7, 11) is 0. The molecule has 0 radical (unpaired) electrons. The van der Waals surface area contributed by atoms with Crippen molar-refractivity contribution in [1.29, 1.82) is 0 Å². The van der Waals surface area contributed by atoms with Crippen LogP contribution in [-0.4, -0.2) is 12.2 Å². The molecule has 52 valence electrons. The molecule has 0 fully saturated rings. The van der Waals surface area contributed by atoms with Gasteiger partial charge in [0.15, 0.2) is 0 Å². The number of hydrogen-bond acceptors (Lipinski definition) is 1. The maximum absolute atomic E-state index is 11.2. The van der Waals surface area contributed by atoms with Gasteiger partial charge in [-0.05, 0) is 6.92 Å². The van der Waals surface area contributed by atoms with E-state index in [4.69, 9.17) is 1.37 Å². The maximum atomic E-state index is 11.2. The Balaban J connectivity index is 0. The van der Waals surface area contributed by atoms with Crippen molar-refractivity contribution in [1.82, 2.24) is 0 Å². The van der Waals surface area contributed by atoms with Crippen LogP contribution in [0.2, 0.25) is 0 Å². The Kier molecular flexibility index (Phi) is 3.16. The van der Waals surface area contributed by atoms with Crippen LogP contribution in [0.4, 0.5) is 13.2 Å². The molecule has 8 heavy (non-hydrogen) atoms. The molecule has 1 unspecified atom stereocenters. The highest BCUT2D eigenvalue weighted by molar-refractivity contribution is 5.85. The van der Waals surface area contributed by atoms with Crippen LogP contribution in [0.3, 0.4) is 0 Å². The molecule has 0 aromatic rings. The second kappa shape index (κ2) is 3.14. The van der Waals surface area contributed by atoms with E-state index in [1.54, 1.807) is 0 Å². The first-order chi connectivity index (χ1) is 3.25. The third-order valence-corrected chi connectivity index (χ3v) is 0.447. The molecule has 0 aromatic carbocycles. The summed E-state index contributed by atoms with van der Waals surface area (Å²) in [5.74, 6) is 0. The fraction of sp³-hybridized carbons (Fsp3) is 1.00. The molecular weight excluding hydrogens is 142 g/mol. The van der Waals surface area contributed by atoms with Crippen LogP contribution in [0.15, 0.2) is 0 Å². The lowest BCUT2D eigenvalue weighted by atomic mass is 10.4. The van der Waals surface area contributed by atoms with Crippen molar-refractivity contribution in [3.05, 3.63) is 0 Å². The van der Waals surface area contributed by atoms with Gasteiger partial charge in [0.05, 0.1) is 7.39 Å².